The zero-order valence-electron chi connectivity index (χ0n) is 8.31. The van der Waals surface area contributed by atoms with Crippen LogP contribution in [0.5, 0.6) is 5.75 Å². The first-order chi connectivity index (χ1) is 7.16. The summed E-state index contributed by atoms with van der Waals surface area (Å²) in [5, 5.41) is 18.1. The van der Waals surface area contributed by atoms with Gasteiger partial charge in [-0.15, -0.1) is 0 Å². The van der Waals surface area contributed by atoms with Gasteiger partial charge in [0.15, 0.2) is 0 Å². The van der Waals surface area contributed by atoms with Gasteiger partial charge in [-0.1, -0.05) is 6.07 Å². The summed E-state index contributed by atoms with van der Waals surface area (Å²) in [6, 6.07) is 4.74. The van der Waals surface area contributed by atoms with Gasteiger partial charge in [-0.2, -0.15) is 0 Å². The van der Waals surface area contributed by atoms with E-state index in [2.05, 4.69) is 4.90 Å². The second-order valence-electron chi connectivity index (χ2n) is 3.79. The fraction of sp³-hybridized carbons (Fsp3) is 0.364. The summed E-state index contributed by atoms with van der Waals surface area (Å²) in [5.74, 6) is -1.26. The van der Waals surface area contributed by atoms with Gasteiger partial charge in [0, 0.05) is 6.54 Å². The highest BCUT2D eigenvalue weighted by atomic mass is 16.4. The van der Waals surface area contributed by atoms with Crippen molar-refractivity contribution in [2.75, 3.05) is 13.1 Å². The minimum Gasteiger partial charge on any atom is -0.507 e. The third kappa shape index (κ3) is 2.10. The fourth-order valence-electron chi connectivity index (χ4n) is 1.65. The smallest absolute Gasteiger partial charge is 0.339 e. The molecule has 4 heteroatoms. The monoisotopic (exact) mass is 207 g/mol. The minimum atomic E-state index is -1.09. The van der Waals surface area contributed by atoms with E-state index in [1.807, 2.05) is 0 Å². The van der Waals surface area contributed by atoms with Gasteiger partial charge in [-0.25, -0.2) is 4.79 Å². The van der Waals surface area contributed by atoms with E-state index in [9.17, 15) is 9.90 Å². The lowest BCUT2D eigenvalue weighted by atomic mass is 10.1. The summed E-state index contributed by atoms with van der Waals surface area (Å²) < 4.78 is 0. The highest BCUT2D eigenvalue weighted by Crippen LogP contribution is 2.20. The largest absolute Gasteiger partial charge is 0.507 e. The topological polar surface area (TPSA) is 60.8 Å². The van der Waals surface area contributed by atoms with Crippen LogP contribution in [0.15, 0.2) is 18.2 Å². The number of aromatic carboxylic acids is 1. The van der Waals surface area contributed by atoms with E-state index in [1.54, 1.807) is 6.07 Å². The Morgan fingerprint density at radius 3 is 2.67 bits per heavy atom. The molecule has 15 heavy (non-hydrogen) atoms. The van der Waals surface area contributed by atoms with Crippen molar-refractivity contribution in [2.24, 2.45) is 0 Å². The molecule has 0 bridgehead atoms. The van der Waals surface area contributed by atoms with Crippen molar-refractivity contribution in [2.45, 2.75) is 13.0 Å². The molecule has 1 aliphatic rings. The Kier molecular flexibility index (Phi) is 2.60. The first kappa shape index (κ1) is 9.98. The lowest BCUT2D eigenvalue weighted by Gasteiger charge is -2.30. The van der Waals surface area contributed by atoms with Gasteiger partial charge in [0.05, 0.1) is 0 Å². The zero-order valence-corrected chi connectivity index (χ0v) is 8.31. The number of benzene rings is 1. The standard InChI is InChI=1S/C11H13NO3/c13-10-3-2-8(6-9(10)11(14)15)7-12-4-1-5-12/h2-3,6,13H,1,4-5,7H2,(H,14,15). The van der Waals surface area contributed by atoms with Gasteiger partial charge in [0.1, 0.15) is 11.3 Å². The molecule has 1 aromatic carbocycles. The van der Waals surface area contributed by atoms with Gasteiger partial charge in [-0.3, -0.25) is 4.90 Å². The molecule has 2 rings (SSSR count). The van der Waals surface area contributed by atoms with E-state index in [0.717, 1.165) is 25.2 Å². The molecule has 2 N–H and O–H groups in total. The molecule has 0 aliphatic carbocycles. The number of hydrogen-bond donors (Lipinski definition) is 2. The van der Waals surface area contributed by atoms with Crippen LogP contribution in [-0.2, 0) is 6.54 Å². The van der Waals surface area contributed by atoms with Crippen molar-refractivity contribution < 1.29 is 15.0 Å². The Hall–Kier alpha value is -1.55. The molecule has 1 aliphatic heterocycles. The van der Waals surface area contributed by atoms with E-state index in [4.69, 9.17) is 5.11 Å². The molecule has 80 valence electrons. The van der Waals surface area contributed by atoms with Crippen molar-refractivity contribution in [3.63, 3.8) is 0 Å². The second kappa shape index (κ2) is 3.90. The lowest BCUT2D eigenvalue weighted by Crippen LogP contribution is -2.36. The molecule has 0 unspecified atom stereocenters. The van der Waals surface area contributed by atoms with E-state index in [0.29, 0.717) is 0 Å². The van der Waals surface area contributed by atoms with Crippen molar-refractivity contribution in [3.8, 4) is 5.75 Å². The summed E-state index contributed by atoms with van der Waals surface area (Å²) in [4.78, 5) is 13.0. The number of likely N-dealkylation sites (tertiary alicyclic amines) is 1. The molecular weight excluding hydrogens is 194 g/mol. The Morgan fingerprint density at radius 2 is 2.13 bits per heavy atom. The molecule has 1 aromatic rings. The highest BCUT2D eigenvalue weighted by molar-refractivity contribution is 5.90. The molecule has 1 fully saturated rings. The summed E-state index contributed by atoms with van der Waals surface area (Å²) in [6.45, 7) is 2.91. The summed E-state index contributed by atoms with van der Waals surface area (Å²) in [5.41, 5.74) is 0.915. The third-order valence-electron chi connectivity index (χ3n) is 2.65. The molecule has 4 nitrogen and oxygen atoms in total. The Labute approximate surface area is 87.8 Å². The molecular formula is C11H13NO3. The normalized spacial score (nSPS) is 16.0. The molecule has 0 spiro atoms. The molecule has 0 saturated carbocycles. The van der Waals surface area contributed by atoms with Crippen molar-refractivity contribution in [3.05, 3.63) is 29.3 Å². The zero-order chi connectivity index (χ0) is 10.8. The molecule has 0 radical (unpaired) electrons. The molecule has 1 saturated heterocycles. The first-order valence-electron chi connectivity index (χ1n) is 4.94. The predicted octanol–water partition coefficient (Wildman–Crippen LogP) is 1.30. The number of hydrogen-bond acceptors (Lipinski definition) is 3. The van der Waals surface area contributed by atoms with E-state index in [-0.39, 0.29) is 11.3 Å². The SMILES string of the molecule is O=C(O)c1cc(CN2CCC2)ccc1O. The molecule has 0 atom stereocenters. The quantitative estimate of drug-likeness (QED) is 0.784. The van der Waals surface area contributed by atoms with Crippen LogP contribution in [0.25, 0.3) is 0 Å². The van der Waals surface area contributed by atoms with Gasteiger partial charge in [0.25, 0.3) is 0 Å². The maximum absolute atomic E-state index is 10.8. The summed E-state index contributed by atoms with van der Waals surface area (Å²) in [7, 11) is 0. The summed E-state index contributed by atoms with van der Waals surface area (Å²) >= 11 is 0. The van der Waals surface area contributed by atoms with Crippen LogP contribution in [0, 0.1) is 0 Å². The average Bonchev–Trinajstić information content (AvgIpc) is 2.13. The van der Waals surface area contributed by atoms with Gasteiger partial charge in [0.2, 0.25) is 0 Å². The van der Waals surface area contributed by atoms with E-state index >= 15 is 0 Å². The number of nitrogens with zero attached hydrogens (tertiary/aromatic N) is 1. The maximum Gasteiger partial charge on any atom is 0.339 e. The number of rotatable bonds is 3. The number of aromatic hydroxyl groups is 1. The van der Waals surface area contributed by atoms with E-state index < -0.39 is 5.97 Å². The fourth-order valence-corrected chi connectivity index (χ4v) is 1.65. The number of carboxylic acids is 1. The van der Waals surface area contributed by atoms with Crippen LogP contribution < -0.4 is 0 Å². The minimum absolute atomic E-state index is 0.0203. The predicted molar refractivity (Wildman–Crippen MR) is 55.0 cm³/mol. The average molecular weight is 207 g/mol. The van der Waals surface area contributed by atoms with Crippen LogP contribution in [0.2, 0.25) is 0 Å². The van der Waals surface area contributed by atoms with Crippen LogP contribution in [0.3, 0.4) is 0 Å². The van der Waals surface area contributed by atoms with Gasteiger partial charge in [-0.05, 0) is 37.2 Å². The van der Waals surface area contributed by atoms with Crippen LogP contribution in [0.1, 0.15) is 22.3 Å². The van der Waals surface area contributed by atoms with Crippen LogP contribution in [-0.4, -0.2) is 34.2 Å². The second-order valence-corrected chi connectivity index (χ2v) is 3.79. The summed E-state index contributed by atoms with van der Waals surface area (Å²) in [6.07, 6.45) is 1.21. The third-order valence-corrected chi connectivity index (χ3v) is 2.65. The Bertz CT molecular complexity index is 385. The lowest BCUT2D eigenvalue weighted by molar-refractivity contribution is 0.0693. The Balaban J connectivity index is 2.17. The Morgan fingerprint density at radius 1 is 1.40 bits per heavy atom. The maximum atomic E-state index is 10.8. The van der Waals surface area contributed by atoms with Gasteiger partial charge >= 0.3 is 5.97 Å². The number of carboxylic acid groups (broad SMARTS) is 1. The van der Waals surface area contributed by atoms with Crippen molar-refractivity contribution >= 4 is 5.97 Å². The van der Waals surface area contributed by atoms with Gasteiger partial charge < -0.3 is 10.2 Å². The number of carbonyl (C=O) groups is 1. The highest BCUT2D eigenvalue weighted by Gasteiger charge is 2.15. The van der Waals surface area contributed by atoms with E-state index in [1.165, 1.54) is 18.6 Å². The van der Waals surface area contributed by atoms with Crippen LogP contribution in [0.4, 0.5) is 0 Å². The number of phenols is 1. The van der Waals surface area contributed by atoms with Crippen LogP contribution >= 0.6 is 0 Å². The molecule has 1 heterocycles. The molecule has 0 aromatic heterocycles. The first-order valence-corrected chi connectivity index (χ1v) is 4.94. The molecule has 0 amide bonds. The van der Waals surface area contributed by atoms with Crippen molar-refractivity contribution in [1.82, 2.24) is 4.90 Å². The van der Waals surface area contributed by atoms with Crippen molar-refractivity contribution in [1.29, 1.82) is 0 Å².